The van der Waals surface area contributed by atoms with Gasteiger partial charge in [-0.05, 0) is 6.07 Å². The van der Waals surface area contributed by atoms with Crippen molar-refractivity contribution in [3.05, 3.63) is 12.1 Å². The number of furan rings is 1. The van der Waals surface area contributed by atoms with Crippen molar-refractivity contribution in [1.82, 2.24) is 0 Å². The summed E-state index contributed by atoms with van der Waals surface area (Å²) in [5, 5.41) is -0.229. The first-order chi connectivity index (χ1) is 5.41. The lowest BCUT2D eigenvalue weighted by Crippen LogP contribution is -2.06. The third-order valence-electron chi connectivity index (χ3n) is 1.25. The SMILES string of the molecule is CN(C)c1ccc(S(=O)(=O)Cl)o1. The molecule has 0 amide bonds. The van der Waals surface area contributed by atoms with Crippen molar-refractivity contribution >= 4 is 25.6 Å². The van der Waals surface area contributed by atoms with Gasteiger partial charge in [0.25, 0.3) is 9.05 Å². The molecular formula is C6H8ClNO3S. The second kappa shape index (κ2) is 2.99. The highest BCUT2D eigenvalue weighted by atomic mass is 35.7. The van der Waals surface area contributed by atoms with Crippen LogP contribution in [0, 0.1) is 0 Å². The Labute approximate surface area is 75.1 Å². The number of anilines is 1. The normalized spacial score (nSPS) is 11.6. The van der Waals surface area contributed by atoms with Gasteiger partial charge in [-0.3, -0.25) is 0 Å². The summed E-state index contributed by atoms with van der Waals surface area (Å²) in [6.45, 7) is 0. The van der Waals surface area contributed by atoms with E-state index in [1.54, 1.807) is 19.0 Å². The second-order valence-electron chi connectivity index (χ2n) is 2.42. The molecule has 0 bridgehead atoms. The predicted octanol–water partition coefficient (Wildman–Crippen LogP) is 1.27. The third-order valence-corrected chi connectivity index (χ3v) is 2.40. The van der Waals surface area contributed by atoms with Crippen LogP contribution in [0.3, 0.4) is 0 Å². The lowest BCUT2D eigenvalue weighted by Gasteiger charge is -2.05. The maximum Gasteiger partial charge on any atom is 0.294 e. The fraction of sp³-hybridized carbons (Fsp3) is 0.333. The van der Waals surface area contributed by atoms with Gasteiger partial charge in [-0.2, -0.15) is 0 Å². The van der Waals surface area contributed by atoms with Crippen LogP contribution in [0.4, 0.5) is 5.88 Å². The van der Waals surface area contributed by atoms with E-state index in [4.69, 9.17) is 15.1 Å². The first kappa shape index (κ1) is 9.41. The minimum atomic E-state index is -3.74. The summed E-state index contributed by atoms with van der Waals surface area (Å²) in [5.41, 5.74) is 0. The highest BCUT2D eigenvalue weighted by molar-refractivity contribution is 8.13. The van der Waals surface area contributed by atoms with E-state index in [2.05, 4.69) is 0 Å². The van der Waals surface area contributed by atoms with E-state index >= 15 is 0 Å². The first-order valence-electron chi connectivity index (χ1n) is 3.13. The highest BCUT2D eigenvalue weighted by Gasteiger charge is 2.15. The molecule has 0 aliphatic heterocycles. The van der Waals surface area contributed by atoms with Crippen LogP contribution in [-0.2, 0) is 9.05 Å². The number of rotatable bonds is 2. The van der Waals surface area contributed by atoms with Gasteiger partial charge >= 0.3 is 0 Å². The number of hydrogen-bond acceptors (Lipinski definition) is 4. The Bertz CT molecular complexity index is 368. The predicted molar refractivity (Wildman–Crippen MR) is 46.1 cm³/mol. The van der Waals surface area contributed by atoms with Crippen molar-refractivity contribution in [2.24, 2.45) is 0 Å². The summed E-state index contributed by atoms with van der Waals surface area (Å²) in [6, 6.07) is 2.85. The maximum absolute atomic E-state index is 10.7. The van der Waals surface area contributed by atoms with Crippen LogP contribution in [0.1, 0.15) is 0 Å². The summed E-state index contributed by atoms with van der Waals surface area (Å²) < 4.78 is 26.4. The Morgan fingerprint density at radius 2 is 2.00 bits per heavy atom. The molecule has 0 N–H and O–H groups in total. The molecule has 1 aromatic rings. The summed E-state index contributed by atoms with van der Waals surface area (Å²) in [5.74, 6) is 0.453. The number of halogens is 1. The molecule has 0 saturated heterocycles. The quantitative estimate of drug-likeness (QED) is 0.689. The second-order valence-corrected chi connectivity index (χ2v) is 4.92. The van der Waals surface area contributed by atoms with Crippen molar-refractivity contribution in [2.75, 3.05) is 19.0 Å². The minimum Gasteiger partial charge on any atom is -0.428 e. The zero-order valence-corrected chi connectivity index (χ0v) is 8.19. The summed E-state index contributed by atoms with van der Waals surface area (Å²) in [7, 11) is 4.78. The van der Waals surface area contributed by atoms with E-state index in [1.165, 1.54) is 12.1 Å². The molecule has 0 aliphatic carbocycles. The van der Waals surface area contributed by atoms with Crippen molar-refractivity contribution in [1.29, 1.82) is 0 Å². The fourth-order valence-electron chi connectivity index (χ4n) is 0.682. The van der Waals surface area contributed by atoms with Gasteiger partial charge in [0.05, 0.1) is 0 Å². The van der Waals surface area contributed by atoms with Crippen LogP contribution in [0.5, 0.6) is 0 Å². The van der Waals surface area contributed by atoms with Gasteiger partial charge in [-0.25, -0.2) is 8.42 Å². The van der Waals surface area contributed by atoms with E-state index in [0.717, 1.165) is 0 Å². The van der Waals surface area contributed by atoms with E-state index in [1.807, 2.05) is 0 Å². The molecule has 0 aromatic carbocycles. The van der Waals surface area contributed by atoms with Crippen molar-refractivity contribution in [2.45, 2.75) is 5.09 Å². The highest BCUT2D eigenvalue weighted by Crippen LogP contribution is 2.22. The molecule has 4 nitrogen and oxygen atoms in total. The number of hydrogen-bond donors (Lipinski definition) is 0. The third kappa shape index (κ3) is 1.92. The Hall–Kier alpha value is -0.680. The van der Waals surface area contributed by atoms with Crippen LogP contribution >= 0.6 is 10.7 Å². The average molecular weight is 210 g/mol. The Morgan fingerprint density at radius 1 is 1.42 bits per heavy atom. The van der Waals surface area contributed by atoms with Gasteiger partial charge in [0.1, 0.15) is 0 Å². The van der Waals surface area contributed by atoms with Crippen LogP contribution in [0.15, 0.2) is 21.6 Å². The van der Waals surface area contributed by atoms with Crippen LogP contribution < -0.4 is 4.90 Å². The van der Waals surface area contributed by atoms with Gasteiger partial charge in [-0.15, -0.1) is 0 Å². The Kier molecular flexibility index (Phi) is 2.34. The van der Waals surface area contributed by atoms with Crippen molar-refractivity contribution in [3.63, 3.8) is 0 Å². The van der Waals surface area contributed by atoms with Crippen molar-refractivity contribution in [3.8, 4) is 0 Å². The van der Waals surface area contributed by atoms with Gasteiger partial charge in [0.2, 0.25) is 5.09 Å². The maximum atomic E-state index is 10.7. The molecule has 12 heavy (non-hydrogen) atoms. The van der Waals surface area contributed by atoms with E-state index in [-0.39, 0.29) is 5.09 Å². The van der Waals surface area contributed by atoms with Crippen molar-refractivity contribution < 1.29 is 12.8 Å². The number of nitrogens with zero attached hydrogens (tertiary/aromatic N) is 1. The first-order valence-corrected chi connectivity index (χ1v) is 5.44. The molecule has 0 fully saturated rings. The van der Waals surface area contributed by atoms with E-state index in [0.29, 0.717) is 5.88 Å². The summed E-state index contributed by atoms with van der Waals surface area (Å²) in [4.78, 5) is 1.64. The van der Waals surface area contributed by atoms with Crippen LogP contribution in [-0.4, -0.2) is 22.5 Å². The van der Waals surface area contributed by atoms with Gasteiger partial charge < -0.3 is 9.32 Å². The molecular weight excluding hydrogens is 202 g/mol. The molecule has 0 spiro atoms. The zero-order valence-electron chi connectivity index (χ0n) is 6.61. The molecule has 1 aromatic heterocycles. The molecule has 0 atom stereocenters. The molecule has 0 radical (unpaired) electrons. The lowest BCUT2D eigenvalue weighted by molar-refractivity contribution is 0.457. The van der Waals surface area contributed by atoms with Gasteiger partial charge in [-0.1, -0.05) is 0 Å². The standard InChI is InChI=1S/C6H8ClNO3S/c1-8(2)5-3-4-6(11-5)12(7,9)10/h3-4H,1-2H3. The smallest absolute Gasteiger partial charge is 0.294 e. The molecule has 1 heterocycles. The molecule has 0 saturated carbocycles. The molecule has 0 unspecified atom stereocenters. The monoisotopic (exact) mass is 209 g/mol. The Balaban J connectivity index is 3.09. The Morgan fingerprint density at radius 3 is 2.25 bits per heavy atom. The van der Waals surface area contributed by atoms with Gasteiger partial charge in [0.15, 0.2) is 5.88 Å². The van der Waals surface area contributed by atoms with E-state index in [9.17, 15) is 8.42 Å². The zero-order chi connectivity index (χ0) is 9.35. The molecule has 6 heteroatoms. The van der Waals surface area contributed by atoms with E-state index < -0.39 is 9.05 Å². The fourth-order valence-corrected chi connectivity index (χ4v) is 1.35. The molecule has 68 valence electrons. The summed E-state index contributed by atoms with van der Waals surface area (Å²) in [6.07, 6.45) is 0. The topological polar surface area (TPSA) is 50.5 Å². The molecule has 1 rings (SSSR count). The molecule has 0 aliphatic rings. The lowest BCUT2D eigenvalue weighted by atomic mass is 10.6. The van der Waals surface area contributed by atoms with Gasteiger partial charge in [0, 0.05) is 30.8 Å². The van der Waals surface area contributed by atoms with Crippen LogP contribution in [0.2, 0.25) is 0 Å². The minimum absolute atomic E-state index is 0.229. The van der Waals surface area contributed by atoms with Crippen LogP contribution in [0.25, 0.3) is 0 Å². The largest absolute Gasteiger partial charge is 0.428 e. The summed E-state index contributed by atoms with van der Waals surface area (Å²) >= 11 is 0. The average Bonchev–Trinajstić information content (AvgIpc) is 2.30.